The van der Waals surface area contributed by atoms with E-state index in [1.165, 1.54) is 23.1 Å². The number of fused-ring (bicyclic) bond motifs is 3. The number of aliphatic hydroxyl groups is 1. The highest BCUT2D eigenvalue weighted by Crippen LogP contribution is 2.45. The van der Waals surface area contributed by atoms with Crippen molar-refractivity contribution in [3.63, 3.8) is 0 Å². The van der Waals surface area contributed by atoms with E-state index in [4.69, 9.17) is 4.43 Å². The van der Waals surface area contributed by atoms with Crippen LogP contribution in [-0.4, -0.2) is 80.4 Å². The number of hydrogen-bond acceptors (Lipinski definition) is 4. The molecule has 4 aromatic carbocycles. The van der Waals surface area contributed by atoms with Gasteiger partial charge >= 0.3 is 0 Å². The Bertz CT molecular complexity index is 2130. The second kappa shape index (κ2) is 16.1. The van der Waals surface area contributed by atoms with Gasteiger partial charge in [-0.05, 0) is 84.5 Å². The maximum absolute atomic E-state index is 16.6. The Balaban J connectivity index is 1.22. The highest BCUT2D eigenvalue weighted by atomic mass is 28.3. The molecule has 1 unspecified atom stereocenters. The quantitative estimate of drug-likeness (QED) is 0.0875. The predicted molar refractivity (Wildman–Crippen MR) is 209 cm³/mol. The Kier molecular flexibility index (Phi) is 11.6. The molecule has 3 heterocycles. The van der Waals surface area contributed by atoms with E-state index in [1.807, 2.05) is 80.3 Å². The summed E-state index contributed by atoms with van der Waals surface area (Å²) in [6.07, 6.45) is -0.578. The van der Waals surface area contributed by atoms with Crippen molar-refractivity contribution in [2.45, 2.75) is 69.7 Å². The minimum Gasteiger partial charge on any atom is -0.405 e. The van der Waals surface area contributed by atoms with Gasteiger partial charge in [-0.1, -0.05) is 68.4 Å². The highest BCUT2D eigenvalue weighted by Gasteiger charge is 2.46. The fraction of sp³-hybridized carbons (Fsp3) is 0.409. The second-order valence-corrected chi connectivity index (χ2v) is 18.8. The average Bonchev–Trinajstić information content (AvgIpc) is 3.49. The Morgan fingerprint density at radius 2 is 1.62 bits per heavy atom. The molecule has 1 saturated heterocycles. The van der Waals surface area contributed by atoms with Gasteiger partial charge in [0.25, 0.3) is 15.0 Å². The van der Waals surface area contributed by atoms with Crippen LogP contribution in [0.15, 0.2) is 84.9 Å². The third-order valence-electron chi connectivity index (χ3n) is 11.6. The van der Waals surface area contributed by atoms with Crippen molar-refractivity contribution >= 4 is 25.1 Å². The second-order valence-electron chi connectivity index (χ2n) is 16.0. The number of hydrogen-bond donors (Lipinski definition) is 2. The Hall–Kier alpha value is -3.94. The molecule has 1 fully saturated rings. The Morgan fingerprint density at radius 1 is 0.946 bits per heavy atom. The van der Waals surface area contributed by atoms with Gasteiger partial charge in [0.15, 0.2) is 0 Å². The van der Waals surface area contributed by atoms with Crippen LogP contribution in [0.5, 0.6) is 0 Å². The summed E-state index contributed by atoms with van der Waals surface area (Å²) in [5, 5.41) is 11.8. The van der Waals surface area contributed by atoms with Crippen LogP contribution in [0.3, 0.4) is 0 Å². The summed E-state index contributed by atoms with van der Waals surface area (Å²) in [7, 11) is -2.14. The lowest BCUT2D eigenvalue weighted by atomic mass is 9.85. The van der Waals surface area contributed by atoms with Gasteiger partial charge in [-0.25, -0.2) is 22.0 Å². The van der Waals surface area contributed by atoms with Crippen LogP contribution in [0.25, 0.3) is 10.9 Å². The first kappa shape index (κ1) is 40.3. The molecule has 5 aromatic rings. The molecule has 1 aromatic heterocycles. The Morgan fingerprint density at radius 3 is 2.30 bits per heavy atom. The van der Waals surface area contributed by atoms with E-state index in [0.717, 1.165) is 28.4 Å². The maximum Gasteiger partial charge on any atom is 0.282 e. The number of aromatic nitrogens is 1. The standard InChI is InChI=1S/C44H48F6N3O2Si/c1-27-11-8-9-14-35(27)43(3,4)56(32-12-6-5-7-13-32)55-26-44(49,50)25-53-28(2)19-34-33-22-31(46)15-16-38(33)51-40(34)41(53)39-36(47)20-29(21-37(39)48)42(54)30-23-52(24-30)18-10-17-45/h5-9,11-16,20-22,28,30,41-42,51,54H,10,17-19,23-26H2,1-4H3/t28-,41-,42?/m1/s1. The molecule has 2 N–H and O–H groups in total. The topological polar surface area (TPSA) is 51.7 Å². The molecular formula is C44H48F6N3O2Si. The van der Waals surface area contributed by atoms with E-state index in [9.17, 15) is 13.9 Å². The molecule has 0 aliphatic carbocycles. The molecule has 0 bridgehead atoms. The zero-order chi connectivity index (χ0) is 39.9. The van der Waals surface area contributed by atoms with Crippen molar-refractivity contribution in [1.29, 1.82) is 0 Å². The number of rotatable bonds is 14. The number of aromatic amines is 1. The molecular weight excluding hydrogens is 745 g/mol. The summed E-state index contributed by atoms with van der Waals surface area (Å²) in [4.78, 5) is 6.57. The van der Waals surface area contributed by atoms with Crippen LogP contribution < -0.4 is 5.19 Å². The van der Waals surface area contributed by atoms with Gasteiger partial charge in [0, 0.05) is 58.8 Å². The third kappa shape index (κ3) is 7.96. The monoisotopic (exact) mass is 792 g/mol. The lowest BCUT2D eigenvalue weighted by molar-refractivity contribution is -0.0816. The van der Waals surface area contributed by atoms with Crippen molar-refractivity contribution in [3.8, 4) is 0 Å². The minimum atomic E-state index is -3.46. The van der Waals surface area contributed by atoms with Crippen LogP contribution in [0.1, 0.15) is 72.8 Å². The molecule has 3 atom stereocenters. The minimum absolute atomic E-state index is 0.0406. The number of nitrogens with one attached hydrogen (secondary N) is 1. The SMILES string of the molecule is Cc1ccccc1C(C)(C)[Si](OCC(F)(F)CN1[C@H](c2c(F)cc(C(O)C3CN(CCCF)C3)cc2F)c2[nH]c3ccc(F)cc3c2C[C@H]1C)c1ccccc1. The summed E-state index contributed by atoms with van der Waals surface area (Å²) >= 11 is 0. The van der Waals surface area contributed by atoms with Gasteiger partial charge in [0.05, 0.1) is 32.0 Å². The lowest BCUT2D eigenvalue weighted by Gasteiger charge is -2.43. The van der Waals surface area contributed by atoms with Crippen LogP contribution in [-0.2, 0) is 15.9 Å². The van der Waals surface area contributed by atoms with Gasteiger partial charge in [0.1, 0.15) is 17.5 Å². The number of alkyl halides is 3. The fourth-order valence-corrected chi connectivity index (χ4v) is 11.4. The van der Waals surface area contributed by atoms with Crippen molar-refractivity contribution < 1.29 is 35.9 Å². The molecule has 0 spiro atoms. The molecule has 56 heavy (non-hydrogen) atoms. The largest absolute Gasteiger partial charge is 0.405 e. The predicted octanol–water partition coefficient (Wildman–Crippen LogP) is 8.62. The maximum atomic E-state index is 16.6. The molecule has 1 radical (unpaired) electrons. The molecule has 297 valence electrons. The van der Waals surface area contributed by atoms with Crippen LogP contribution in [0.4, 0.5) is 26.3 Å². The first-order chi connectivity index (χ1) is 26.7. The molecule has 7 rings (SSSR count). The number of benzene rings is 4. The number of likely N-dealkylation sites (tertiary alicyclic amines) is 1. The molecule has 0 amide bonds. The number of H-pyrrole nitrogens is 1. The number of aryl methyl sites for hydroxylation is 1. The first-order valence-electron chi connectivity index (χ1n) is 19.2. The molecule has 5 nitrogen and oxygen atoms in total. The smallest absolute Gasteiger partial charge is 0.282 e. The van der Waals surface area contributed by atoms with E-state index in [2.05, 4.69) is 4.98 Å². The molecule has 0 saturated carbocycles. The van der Waals surface area contributed by atoms with Gasteiger partial charge in [-0.15, -0.1) is 0 Å². The summed E-state index contributed by atoms with van der Waals surface area (Å²) in [5.74, 6) is -6.22. The summed E-state index contributed by atoms with van der Waals surface area (Å²) in [5.41, 5.74) is 3.06. The highest BCUT2D eigenvalue weighted by molar-refractivity contribution is 6.70. The van der Waals surface area contributed by atoms with Crippen molar-refractivity contribution in [3.05, 3.63) is 136 Å². The van der Waals surface area contributed by atoms with Crippen molar-refractivity contribution in [1.82, 2.24) is 14.8 Å². The lowest BCUT2D eigenvalue weighted by Crippen LogP contribution is -2.54. The van der Waals surface area contributed by atoms with Crippen LogP contribution in [0.2, 0.25) is 0 Å². The molecule has 2 aliphatic rings. The normalized spacial score (nSPS) is 19.1. The van der Waals surface area contributed by atoms with Gasteiger partial charge in [0.2, 0.25) is 0 Å². The molecule has 2 aliphatic heterocycles. The number of nitrogens with zero attached hydrogens (tertiary/aromatic N) is 2. The number of halogens is 6. The summed E-state index contributed by atoms with van der Waals surface area (Å²) in [6.45, 7) is 6.94. The van der Waals surface area contributed by atoms with Gasteiger partial charge < -0.3 is 19.4 Å². The third-order valence-corrected chi connectivity index (χ3v) is 14.3. The van der Waals surface area contributed by atoms with Crippen molar-refractivity contribution in [2.75, 3.05) is 39.5 Å². The summed E-state index contributed by atoms with van der Waals surface area (Å²) in [6, 6.07) is 21.6. The van der Waals surface area contributed by atoms with E-state index in [1.54, 1.807) is 6.92 Å². The van der Waals surface area contributed by atoms with E-state index in [-0.39, 0.29) is 17.9 Å². The number of aliphatic hydroxyl groups excluding tert-OH is 1. The van der Waals surface area contributed by atoms with E-state index >= 15 is 17.6 Å². The van der Waals surface area contributed by atoms with E-state index in [0.29, 0.717) is 48.2 Å². The van der Waals surface area contributed by atoms with Gasteiger partial charge in [-0.3, -0.25) is 9.29 Å². The summed E-state index contributed by atoms with van der Waals surface area (Å²) < 4.78 is 99.7. The zero-order valence-electron chi connectivity index (χ0n) is 32.1. The fourth-order valence-electron chi connectivity index (χ4n) is 8.77. The first-order valence-corrected chi connectivity index (χ1v) is 20.6. The Labute approximate surface area is 326 Å². The zero-order valence-corrected chi connectivity index (χ0v) is 33.1. The average molecular weight is 793 g/mol. The molecule has 12 heteroatoms. The van der Waals surface area contributed by atoms with Crippen LogP contribution in [0, 0.1) is 30.3 Å². The van der Waals surface area contributed by atoms with Gasteiger partial charge in [-0.2, -0.15) is 0 Å². The van der Waals surface area contributed by atoms with Crippen LogP contribution >= 0.6 is 0 Å². The van der Waals surface area contributed by atoms with E-state index < -0.39 is 81.0 Å². The van der Waals surface area contributed by atoms with Crippen molar-refractivity contribution in [2.24, 2.45) is 5.92 Å².